The molecule has 27 heavy (non-hydrogen) atoms. The molecule has 2 fully saturated rings. The minimum Gasteiger partial charge on any atom is -0.355 e. The smallest absolute Gasteiger partial charge is 0.193 e. The maximum Gasteiger partial charge on any atom is 0.193 e. The van der Waals surface area contributed by atoms with E-state index in [0.29, 0.717) is 6.04 Å². The predicted molar refractivity (Wildman–Crippen MR) is 113 cm³/mol. The second-order valence-corrected chi connectivity index (χ2v) is 7.41. The van der Waals surface area contributed by atoms with E-state index < -0.39 is 0 Å². The molecule has 7 nitrogen and oxygen atoms in total. The second-order valence-electron chi connectivity index (χ2n) is 7.41. The predicted octanol–water partition coefficient (Wildman–Crippen LogP) is 0.805. The Morgan fingerprint density at radius 3 is 2.44 bits per heavy atom. The molecular formula is C20H35N7. The molecule has 150 valence electrons. The van der Waals surface area contributed by atoms with E-state index in [-0.39, 0.29) is 0 Å². The van der Waals surface area contributed by atoms with Gasteiger partial charge in [0.1, 0.15) is 5.82 Å². The molecule has 2 saturated heterocycles. The number of anilines is 1. The Labute approximate surface area is 164 Å². The first-order valence-corrected chi connectivity index (χ1v) is 10.3. The summed E-state index contributed by atoms with van der Waals surface area (Å²) in [5.41, 5.74) is 0. The van der Waals surface area contributed by atoms with E-state index in [2.05, 4.69) is 60.9 Å². The minimum absolute atomic E-state index is 0.524. The highest BCUT2D eigenvalue weighted by molar-refractivity contribution is 5.80. The zero-order chi connectivity index (χ0) is 19.1. The van der Waals surface area contributed by atoms with E-state index in [0.717, 1.165) is 64.1 Å². The number of aromatic nitrogens is 1. The van der Waals surface area contributed by atoms with Crippen LogP contribution >= 0.6 is 0 Å². The van der Waals surface area contributed by atoms with E-state index >= 15 is 0 Å². The van der Waals surface area contributed by atoms with Gasteiger partial charge < -0.3 is 20.0 Å². The van der Waals surface area contributed by atoms with E-state index in [1.807, 2.05) is 19.3 Å². The van der Waals surface area contributed by atoms with Crippen LogP contribution in [0.5, 0.6) is 0 Å². The van der Waals surface area contributed by atoms with Gasteiger partial charge in [-0.15, -0.1) is 0 Å². The Kier molecular flexibility index (Phi) is 7.29. The molecule has 0 aromatic carbocycles. The summed E-state index contributed by atoms with van der Waals surface area (Å²) in [4.78, 5) is 18.8. The molecule has 0 saturated carbocycles. The number of nitrogens with zero attached hydrogens (tertiary/aromatic N) is 6. The van der Waals surface area contributed by atoms with E-state index in [4.69, 9.17) is 0 Å². The molecule has 1 unspecified atom stereocenters. The molecule has 2 aliphatic rings. The van der Waals surface area contributed by atoms with Crippen molar-refractivity contribution in [3.05, 3.63) is 24.4 Å². The maximum absolute atomic E-state index is 4.52. The molecule has 1 atom stereocenters. The molecule has 1 aromatic heterocycles. The molecule has 7 heteroatoms. The lowest BCUT2D eigenvalue weighted by atomic mass is 10.2. The topological polar surface area (TPSA) is 50.2 Å². The van der Waals surface area contributed by atoms with Gasteiger partial charge in [0.2, 0.25) is 0 Å². The van der Waals surface area contributed by atoms with Gasteiger partial charge in [0.15, 0.2) is 5.96 Å². The van der Waals surface area contributed by atoms with Crippen molar-refractivity contribution in [1.29, 1.82) is 0 Å². The van der Waals surface area contributed by atoms with Gasteiger partial charge in [0.25, 0.3) is 0 Å². The maximum atomic E-state index is 4.52. The summed E-state index contributed by atoms with van der Waals surface area (Å²) in [7, 11) is 1.89. The highest BCUT2D eigenvalue weighted by atomic mass is 15.4. The van der Waals surface area contributed by atoms with Gasteiger partial charge in [-0.2, -0.15) is 0 Å². The molecular weight excluding hydrogens is 338 g/mol. The van der Waals surface area contributed by atoms with Crippen LogP contribution < -0.4 is 10.2 Å². The average Bonchev–Trinajstić information content (AvgIpc) is 2.75. The number of pyridine rings is 1. The molecule has 2 aliphatic heterocycles. The van der Waals surface area contributed by atoms with Crippen molar-refractivity contribution in [1.82, 2.24) is 25.0 Å². The summed E-state index contributed by atoms with van der Waals surface area (Å²) >= 11 is 0. The van der Waals surface area contributed by atoms with Crippen molar-refractivity contribution >= 4 is 11.8 Å². The highest BCUT2D eigenvalue weighted by Crippen LogP contribution is 2.12. The largest absolute Gasteiger partial charge is 0.355 e. The Morgan fingerprint density at radius 1 is 1.11 bits per heavy atom. The fraction of sp³-hybridized carbons (Fsp3) is 0.700. The van der Waals surface area contributed by atoms with Gasteiger partial charge in [-0.25, -0.2) is 4.98 Å². The van der Waals surface area contributed by atoms with E-state index in [1.165, 1.54) is 13.1 Å². The van der Waals surface area contributed by atoms with Crippen LogP contribution in [-0.2, 0) is 0 Å². The van der Waals surface area contributed by atoms with Crippen molar-refractivity contribution < 1.29 is 0 Å². The third kappa shape index (κ3) is 5.32. The van der Waals surface area contributed by atoms with Crippen LogP contribution in [-0.4, -0.2) is 104 Å². The molecule has 0 amide bonds. The zero-order valence-electron chi connectivity index (χ0n) is 17.1. The monoisotopic (exact) mass is 373 g/mol. The molecule has 0 spiro atoms. The lowest BCUT2D eigenvalue weighted by Crippen LogP contribution is -2.56. The van der Waals surface area contributed by atoms with Crippen LogP contribution in [0.2, 0.25) is 0 Å². The fourth-order valence-corrected chi connectivity index (χ4v) is 3.91. The molecule has 0 aliphatic carbocycles. The van der Waals surface area contributed by atoms with Crippen molar-refractivity contribution in [2.24, 2.45) is 4.99 Å². The number of guanidine groups is 1. The van der Waals surface area contributed by atoms with Crippen LogP contribution in [0.1, 0.15) is 13.8 Å². The quantitative estimate of drug-likeness (QED) is 0.609. The van der Waals surface area contributed by atoms with Crippen molar-refractivity contribution in [3.8, 4) is 0 Å². The molecule has 0 radical (unpaired) electrons. The number of rotatable bonds is 5. The second kappa shape index (κ2) is 9.90. The molecule has 3 rings (SSSR count). The number of hydrogen-bond acceptors (Lipinski definition) is 5. The number of hydrogen-bond donors (Lipinski definition) is 1. The summed E-state index contributed by atoms with van der Waals surface area (Å²) in [6.45, 7) is 15.3. The number of nitrogens with one attached hydrogen (secondary N) is 1. The fourth-order valence-electron chi connectivity index (χ4n) is 3.91. The van der Waals surface area contributed by atoms with Gasteiger partial charge in [0, 0.05) is 78.2 Å². The van der Waals surface area contributed by atoms with Crippen LogP contribution in [0.4, 0.5) is 5.82 Å². The van der Waals surface area contributed by atoms with Gasteiger partial charge in [0.05, 0.1) is 0 Å². The van der Waals surface area contributed by atoms with Crippen LogP contribution in [0.3, 0.4) is 0 Å². The average molecular weight is 374 g/mol. The van der Waals surface area contributed by atoms with Gasteiger partial charge >= 0.3 is 0 Å². The summed E-state index contributed by atoms with van der Waals surface area (Å²) in [5.74, 6) is 2.09. The van der Waals surface area contributed by atoms with Gasteiger partial charge in [-0.05, 0) is 25.6 Å². The first-order valence-electron chi connectivity index (χ1n) is 10.3. The van der Waals surface area contributed by atoms with Crippen LogP contribution in [0.25, 0.3) is 0 Å². The van der Waals surface area contributed by atoms with Crippen LogP contribution in [0, 0.1) is 0 Å². The highest BCUT2D eigenvalue weighted by Gasteiger charge is 2.23. The van der Waals surface area contributed by atoms with Crippen molar-refractivity contribution in [3.63, 3.8) is 0 Å². The van der Waals surface area contributed by atoms with Gasteiger partial charge in [-0.1, -0.05) is 13.0 Å². The van der Waals surface area contributed by atoms with Gasteiger partial charge in [-0.3, -0.25) is 9.89 Å². The third-order valence-electron chi connectivity index (χ3n) is 5.80. The normalized spacial score (nSPS) is 21.4. The summed E-state index contributed by atoms with van der Waals surface area (Å²) in [6, 6.07) is 6.63. The van der Waals surface area contributed by atoms with E-state index in [9.17, 15) is 0 Å². The number of likely N-dealkylation sites (N-methyl/N-ethyl adjacent to an activating group) is 1. The van der Waals surface area contributed by atoms with Crippen LogP contribution in [0.15, 0.2) is 29.4 Å². The van der Waals surface area contributed by atoms with Crippen molar-refractivity contribution in [2.75, 3.05) is 77.4 Å². The Hall–Kier alpha value is -1.86. The minimum atomic E-state index is 0.524. The van der Waals surface area contributed by atoms with E-state index in [1.54, 1.807) is 0 Å². The first-order chi connectivity index (χ1) is 13.2. The Balaban J connectivity index is 1.43. The summed E-state index contributed by atoms with van der Waals surface area (Å²) < 4.78 is 0. The number of aliphatic imine (C=N–C) groups is 1. The zero-order valence-corrected chi connectivity index (χ0v) is 17.1. The SMILES string of the molecule is CCN1CCN(C(C)CNC(=NC)N2CCN(c3ccccn3)CC2)CC1. The molecule has 0 bridgehead atoms. The Morgan fingerprint density at radius 2 is 1.85 bits per heavy atom. The number of piperazine rings is 2. The lowest BCUT2D eigenvalue weighted by molar-refractivity contribution is 0.107. The summed E-state index contributed by atoms with van der Waals surface area (Å²) in [5, 5.41) is 3.60. The van der Waals surface area contributed by atoms with Crippen molar-refractivity contribution in [2.45, 2.75) is 19.9 Å². The molecule has 3 heterocycles. The third-order valence-corrected chi connectivity index (χ3v) is 5.80. The molecule has 1 aromatic rings. The molecule has 1 N–H and O–H groups in total. The standard InChI is InChI=1S/C20H35N7/c1-4-24-9-11-25(12-10-24)18(2)17-23-20(21-3)27-15-13-26(14-16-27)19-7-5-6-8-22-19/h5-8,18H,4,9-17H2,1-3H3,(H,21,23). The first kappa shape index (κ1) is 19.9. The summed E-state index contributed by atoms with van der Waals surface area (Å²) in [6.07, 6.45) is 1.86. The lowest BCUT2D eigenvalue weighted by Gasteiger charge is -2.39. The Bertz CT molecular complexity index is 575.